The van der Waals surface area contributed by atoms with Crippen molar-refractivity contribution in [3.8, 4) is 0 Å². The number of carbonyl (C=O) groups excluding carboxylic acids is 1. The Hall–Kier alpha value is 0.240. The molecule has 0 amide bonds. The summed E-state index contributed by atoms with van der Waals surface area (Å²) in [4.78, 5) is 9.75. The first-order valence-corrected chi connectivity index (χ1v) is 4.09. The van der Waals surface area contributed by atoms with Gasteiger partial charge in [0.2, 0.25) is 0 Å². The van der Waals surface area contributed by atoms with Gasteiger partial charge in [-0.1, -0.05) is 15.9 Å². The molecule has 0 spiro atoms. The number of hydrogen-bond acceptors (Lipinski definition) is 2. The Bertz CT molecular complexity index is 130. The fourth-order valence-corrected chi connectivity index (χ4v) is 0.660. The van der Waals surface area contributed by atoms with Crippen molar-refractivity contribution in [2.75, 3.05) is 7.11 Å². The number of carbonyl (C=O) groups is 1. The van der Waals surface area contributed by atoms with E-state index in [1.807, 2.05) is 0 Å². The van der Waals surface area contributed by atoms with Crippen LogP contribution in [0.2, 0.25) is 0 Å². The highest BCUT2D eigenvalue weighted by molar-refractivity contribution is 9.10. The summed E-state index contributed by atoms with van der Waals surface area (Å²) in [6, 6.07) is 0. The summed E-state index contributed by atoms with van der Waals surface area (Å²) in [7, 11) is 1.33. The monoisotopic (exact) mass is 228 g/mol. The van der Waals surface area contributed by atoms with Crippen LogP contribution in [0.25, 0.3) is 0 Å². The van der Waals surface area contributed by atoms with Crippen LogP contribution in [-0.4, -0.2) is 22.8 Å². The SMILES string of the molecule is COC(=O)C(Br)C(C)(C)Cl. The van der Waals surface area contributed by atoms with Gasteiger partial charge in [0.05, 0.1) is 12.0 Å². The predicted molar refractivity (Wildman–Crippen MR) is 44.7 cm³/mol. The van der Waals surface area contributed by atoms with Crippen LogP contribution in [0.15, 0.2) is 0 Å². The lowest BCUT2D eigenvalue weighted by molar-refractivity contribution is -0.140. The maximum Gasteiger partial charge on any atom is 0.321 e. The second-order valence-corrected chi connectivity index (χ2v) is 4.34. The molecule has 0 saturated carbocycles. The van der Waals surface area contributed by atoms with E-state index in [1.165, 1.54) is 7.11 Å². The minimum absolute atomic E-state index is 0.347. The largest absolute Gasteiger partial charge is 0.468 e. The van der Waals surface area contributed by atoms with Crippen LogP contribution in [0, 0.1) is 0 Å². The molecule has 4 heteroatoms. The molecule has 0 aromatic carbocycles. The summed E-state index contributed by atoms with van der Waals surface area (Å²) in [5.74, 6) is -0.347. The third-order valence-electron chi connectivity index (χ3n) is 1.01. The van der Waals surface area contributed by atoms with E-state index in [2.05, 4.69) is 20.7 Å². The van der Waals surface area contributed by atoms with E-state index in [0.29, 0.717) is 0 Å². The molecule has 0 aromatic heterocycles. The van der Waals surface area contributed by atoms with Gasteiger partial charge in [-0.2, -0.15) is 0 Å². The topological polar surface area (TPSA) is 26.3 Å². The number of hydrogen-bond donors (Lipinski definition) is 0. The van der Waals surface area contributed by atoms with Crippen molar-refractivity contribution in [3.05, 3.63) is 0 Å². The van der Waals surface area contributed by atoms with E-state index in [0.717, 1.165) is 0 Å². The molecule has 0 aromatic rings. The molecule has 0 heterocycles. The van der Waals surface area contributed by atoms with Crippen LogP contribution in [0.5, 0.6) is 0 Å². The highest BCUT2D eigenvalue weighted by atomic mass is 79.9. The molecule has 0 saturated heterocycles. The molecule has 2 nitrogen and oxygen atoms in total. The zero-order valence-corrected chi connectivity index (χ0v) is 8.49. The Balaban J connectivity index is 4.08. The molecule has 0 aliphatic heterocycles. The summed E-state index contributed by atoms with van der Waals surface area (Å²) in [6.45, 7) is 3.48. The van der Waals surface area contributed by atoms with E-state index in [9.17, 15) is 4.79 Å². The summed E-state index contributed by atoms with van der Waals surface area (Å²) in [5, 5.41) is 0. The fraction of sp³-hybridized carbons (Fsp3) is 0.833. The van der Waals surface area contributed by atoms with Gasteiger partial charge in [0.1, 0.15) is 4.83 Å². The number of halogens is 2. The van der Waals surface area contributed by atoms with Gasteiger partial charge in [0, 0.05) is 0 Å². The molecule has 0 aliphatic rings. The summed E-state index contributed by atoms with van der Waals surface area (Å²) in [5.41, 5.74) is 0. The van der Waals surface area contributed by atoms with Crippen molar-refractivity contribution >= 4 is 33.5 Å². The summed E-state index contributed by atoms with van der Waals surface area (Å²) in [6.07, 6.45) is 0. The molecule has 0 rings (SSSR count). The lowest BCUT2D eigenvalue weighted by atomic mass is 10.1. The van der Waals surface area contributed by atoms with Gasteiger partial charge in [-0.25, -0.2) is 0 Å². The van der Waals surface area contributed by atoms with Gasteiger partial charge >= 0.3 is 5.97 Å². The molecule has 1 unspecified atom stereocenters. The Morgan fingerprint density at radius 1 is 1.70 bits per heavy atom. The van der Waals surface area contributed by atoms with Crippen molar-refractivity contribution in [3.63, 3.8) is 0 Å². The number of rotatable bonds is 2. The van der Waals surface area contributed by atoms with Crippen LogP contribution in [0.4, 0.5) is 0 Å². The van der Waals surface area contributed by atoms with Crippen LogP contribution in [0.3, 0.4) is 0 Å². The standard InChI is InChI=1S/C6H10BrClO2/c1-6(2,8)4(7)5(9)10-3/h4H,1-3H3. The van der Waals surface area contributed by atoms with Crippen LogP contribution in [-0.2, 0) is 9.53 Å². The minimum atomic E-state index is -0.604. The second kappa shape index (κ2) is 3.58. The Labute approximate surface area is 74.0 Å². The van der Waals surface area contributed by atoms with E-state index in [1.54, 1.807) is 13.8 Å². The van der Waals surface area contributed by atoms with Crippen LogP contribution >= 0.6 is 27.5 Å². The molecule has 0 bridgehead atoms. The quantitative estimate of drug-likeness (QED) is 0.534. The van der Waals surface area contributed by atoms with Crippen molar-refractivity contribution < 1.29 is 9.53 Å². The Morgan fingerprint density at radius 3 is 2.20 bits per heavy atom. The number of methoxy groups -OCH3 is 1. The first-order valence-electron chi connectivity index (χ1n) is 2.80. The first-order chi connectivity index (χ1) is 4.39. The number of ether oxygens (including phenoxy) is 1. The van der Waals surface area contributed by atoms with E-state index in [-0.39, 0.29) is 5.97 Å². The van der Waals surface area contributed by atoms with Gasteiger partial charge in [-0.15, -0.1) is 11.6 Å². The second-order valence-electron chi connectivity index (χ2n) is 2.45. The average molecular weight is 230 g/mol. The molecule has 60 valence electrons. The van der Waals surface area contributed by atoms with Gasteiger partial charge in [-0.05, 0) is 13.8 Å². The predicted octanol–water partition coefficient (Wildman–Crippen LogP) is 1.94. The lowest BCUT2D eigenvalue weighted by Gasteiger charge is -2.19. The van der Waals surface area contributed by atoms with Crippen molar-refractivity contribution in [1.29, 1.82) is 0 Å². The molecular weight excluding hydrogens is 219 g/mol. The van der Waals surface area contributed by atoms with Crippen molar-refractivity contribution in [2.45, 2.75) is 23.5 Å². The van der Waals surface area contributed by atoms with Gasteiger partial charge in [-0.3, -0.25) is 4.79 Å². The molecule has 0 aliphatic carbocycles. The molecule has 0 N–H and O–H groups in total. The smallest absolute Gasteiger partial charge is 0.321 e. The normalized spacial score (nSPS) is 14.5. The van der Waals surface area contributed by atoms with Gasteiger partial charge in [0.25, 0.3) is 0 Å². The molecule has 10 heavy (non-hydrogen) atoms. The maximum absolute atomic E-state index is 10.8. The van der Waals surface area contributed by atoms with Gasteiger partial charge < -0.3 is 4.74 Å². The highest BCUT2D eigenvalue weighted by Crippen LogP contribution is 2.25. The van der Waals surface area contributed by atoms with Gasteiger partial charge in [0.15, 0.2) is 0 Å². The Morgan fingerprint density at radius 2 is 2.10 bits per heavy atom. The molecular formula is C6H10BrClO2. The molecule has 0 fully saturated rings. The first kappa shape index (κ1) is 10.2. The number of alkyl halides is 2. The average Bonchev–Trinajstić information content (AvgIpc) is 1.83. The van der Waals surface area contributed by atoms with E-state index in [4.69, 9.17) is 11.6 Å². The third kappa shape index (κ3) is 2.88. The maximum atomic E-state index is 10.8. The zero-order valence-electron chi connectivity index (χ0n) is 6.15. The fourth-order valence-electron chi connectivity index (χ4n) is 0.384. The van der Waals surface area contributed by atoms with Crippen molar-refractivity contribution in [1.82, 2.24) is 0 Å². The van der Waals surface area contributed by atoms with E-state index < -0.39 is 9.70 Å². The van der Waals surface area contributed by atoms with Crippen LogP contribution < -0.4 is 0 Å². The minimum Gasteiger partial charge on any atom is -0.468 e. The third-order valence-corrected chi connectivity index (χ3v) is 3.01. The highest BCUT2D eigenvalue weighted by Gasteiger charge is 2.31. The van der Waals surface area contributed by atoms with Crippen molar-refractivity contribution in [2.24, 2.45) is 0 Å². The van der Waals surface area contributed by atoms with E-state index >= 15 is 0 Å². The Kier molecular flexibility index (Phi) is 3.66. The summed E-state index contributed by atoms with van der Waals surface area (Å²) >= 11 is 8.93. The number of esters is 1. The van der Waals surface area contributed by atoms with Crippen LogP contribution in [0.1, 0.15) is 13.8 Å². The summed E-state index contributed by atoms with van der Waals surface area (Å²) < 4.78 is 4.47. The zero-order chi connectivity index (χ0) is 8.36. The molecule has 0 radical (unpaired) electrons. The lowest BCUT2D eigenvalue weighted by Crippen LogP contribution is -2.33. The molecule has 1 atom stereocenters.